The Morgan fingerprint density at radius 1 is 1.08 bits per heavy atom. The van der Waals surface area contributed by atoms with Gasteiger partial charge in [0.2, 0.25) is 0 Å². The van der Waals surface area contributed by atoms with Crippen LogP contribution in [-0.2, 0) is 14.3 Å². The number of benzene rings is 1. The molecule has 0 radical (unpaired) electrons. The van der Waals surface area contributed by atoms with Gasteiger partial charge in [-0.05, 0) is 38.3 Å². The molecule has 1 unspecified atom stereocenters. The van der Waals surface area contributed by atoms with Crippen LogP contribution in [0.4, 0.5) is 0 Å². The minimum atomic E-state index is -0.426. The van der Waals surface area contributed by atoms with Gasteiger partial charge < -0.3 is 14.2 Å². The molecule has 0 saturated heterocycles. The number of unbranched alkanes of at least 4 members (excludes halogenated alkanes) is 2. The fourth-order valence-electron chi connectivity index (χ4n) is 2.30. The van der Waals surface area contributed by atoms with Crippen molar-refractivity contribution in [2.75, 3.05) is 7.11 Å². The maximum absolute atomic E-state index is 11.9. The predicted octanol–water partition coefficient (Wildman–Crippen LogP) is 4.94. The summed E-state index contributed by atoms with van der Waals surface area (Å²) >= 11 is 5.86. The smallest absolute Gasteiger partial charge is 0.311 e. The molecule has 1 rings (SSSR count). The zero-order valence-corrected chi connectivity index (χ0v) is 15.9. The van der Waals surface area contributed by atoms with Gasteiger partial charge in [-0.1, -0.05) is 31.4 Å². The van der Waals surface area contributed by atoms with Crippen LogP contribution >= 0.6 is 11.6 Å². The number of hydrogen-bond acceptors (Lipinski definition) is 5. The van der Waals surface area contributed by atoms with Crippen LogP contribution in [0.2, 0.25) is 5.02 Å². The van der Waals surface area contributed by atoms with Gasteiger partial charge in [-0.2, -0.15) is 0 Å². The van der Waals surface area contributed by atoms with Crippen LogP contribution in [0.3, 0.4) is 0 Å². The minimum Gasteiger partial charge on any atom is -0.493 e. The van der Waals surface area contributed by atoms with E-state index in [-0.39, 0.29) is 24.9 Å². The van der Waals surface area contributed by atoms with Crippen LogP contribution in [-0.4, -0.2) is 25.2 Å². The van der Waals surface area contributed by atoms with E-state index < -0.39 is 5.97 Å². The Labute approximate surface area is 154 Å². The molecular formula is C19H27ClO5. The summed E-state index contributed by atoms with van der Waals surface area (Å²) in [6, 6.07) is 4.76. The van der Waals surface area contributed by atoms with E-state index in [4.69, 9.17) is 25.8 Å². The summed E-state index contributed by atoms with van der Waals surface area (Å²) in [6.45, 7) is 4.03. The van der Waals surface area contributed by atoms with Crippen molar-refractivity contribution in [1.82, 2.24) is 0 Å². The van der Waals surface area contributed by atoms with Gasteiger partial charge in [-0.3, -0.25) is 9.59 Å². The first-order valence-electron chi connectivity index (χ1n) is 8.70. The van der Waals surface area contributed by atoms with E-state index >= 15 is 0 Å². The van der Waals surface area contributed by atoms with Gasteiger partial charge in [0.25, 0.3) is 0 Å². The number of methoxy groups -OCH3 is 1. The average Bonchev–Trinajstić information content (AvgIpc) is 2.56. The van der Waals surface area contributed by atoms with Crippen LogP contribution in [0.5, 0.6) is 11.5 Å². The Morgan fingerprint density at radius 3 is 2.48 bits per heavy atom. The van der Waals surface area contributed by atoms with E-state index in [1.807, 2.05) is 6.92 Å². The molecule has 6 heteroatoms. The number of carbonyl (C=O) groups is 2. The second-order valence-corrected chi connectivity index (χ2v) is 6.36. The highest BCUT2D eigenvalue weighted by Gasteiger charge is 2.13. The Hall–Kier alpha value is -1.75. The first-order chi connectivity index (χ1) is 12.0. The molecular weight excluding hydrogens is 344 g/mol. The first kappa shape index (κ1) is 21.3. The fraction of sp³-hybridized carbons (Fsp3) is 0.579. The van der Waals surface area contributed by atoms with Crippen LogP contribution in [0, 0.1) is 0 Å². The first-order valence-corrected chi connectivity index (χ1v) is 9.07. The van der Waals surface area contributed by atoms with E-state index in [0.29, 0.717) is 22.9 Å². The quantitative estimate of drug-likeness (QED) is 0.314. The van der Waals surface area contributed by atoms with Crippen LogP contribution in [0.15, 0.2) is 18.2 Å². The highest BCUT2D eigenvalue weighted by Crippen LogP contribution is 2.30. The molecule has 1 aromatic rings. The number of carbonyl (C=O) groups excluding carboxylic acids is 2. The molecule has 1 atom stereocenters. The average molecular weight is 371 g/mol. The zero-order valence-electron chi connectivity index (χ0n) is 15.2. The van der Waals surface area contributed by atoms with E-state index in [1.165, 1.54) is 7.11 Å². The number of halogens is 1. The lowest BCUT2D eigenvalue weighted by Crippen LogP contribution is -2.15. The Morgan fingerprint density at radius 2 is 1.80 bits per heavy atom. The van der Waals surface area contributed by atoms with E-state index in [9.17, 15) is 9.59 Å². The van der Waals surface area contributed by atoms with Gasteiger partial charge in [-0.25, -0.2) is 0 Å². The Kier molecular flexibility index (Phi) is 10.0. The van der Waals surface area contributed by atoms with Crippen molar-refractivity contribution in [3.05, 3.63) is 23.2 Å². The molecule has 0 saturated carbocycles. The highest BCUT2D eigenvalue weighted by molar-refractivity contribution is 6.30. The lowest BCUT2D eigenvalue weighted by atomic mass is 10.1. The minimum absolute atomic E-state index is 0.0793. The van der Waals surface area contributed by atoms with Crippen molar-refractivity contribution in [3.63, 3.8) is 0 Å². The maximum Gasteiger partial charge on any atom is 0.311 e. The summed E-state index contributed by atoms with van der Waals surface area (Å²) in [5.41, 5.74) is 0. The summed E-state index contributed by atoms with van der Waals surface area (Å²) in [7, 11) is 1.47. The maximum atomic E-state index is 11.9. The molecule has 0 fully saturated rings. The molecule has 0 amide bonds. The van der Waals surface area contributed by atoms with Crippen molar-refractivity contribution in [2.24, 2.45) is 0 Å². The number of rotatable bonds is 11. The lowest BCUT2D eigenvalue weighted by molar-refractivity contribution is -0.148. The molecule has 25 heavy (non-hydrogen) atoms. The second kappa shape index (κ2) is 11.7. The lowest BCUT2D eigenvalue weighted by Gasteiger charge is -2.13. The molecule has 0 spiro atoms. The summed E-state index contributed by atoms with van der Waals surface area (Å²) in [6.07, 6.45) is 4.84. The third-order valence-electron chi connectivity index (χ3n) is 3.66. The van der Waals surface area contributed by atoms with Crippen molar-refractivity contribution < 1.29 is 23.8 Å². The molecule has 0 aliphatic rings. The number of ether oxygens (including phenoxy) is 3. The number of esters is 2. The van der Waals surface area contributed by atoms with Gasteiger partial charge in [0, 0.05) is 23.9 Å². The van der Waals surface area contributed by atoms with Gasteiger partial charge in [0.1, 0.15) is 0 Å². The van der Waals surface area contributed by atoms with Crippen molar-refractivity contribution >= 4 is 23.5 Å². The summed E-state index contributed by atoms with van der Waals surface area (Å²) in [4.78, 5) is 23.6. The van der Waals surface area contributed by atoms with Gasteiger partial charge in [-0.15, -0.1) is 0 Å². The fourth-order valence-corrected chi connectivity index (χ4v) is 2.46. The van der Waals surface area contributed by atoms with Crippen molar-refractivity contribution in [2.45, 2.75) is 64.9 Å². The standard InChI is InChI=1S/C19H27ClO5/c1-4-5-6-8-14(2)24-18(21)9-7-10-19(22)25-16-12-11-15(20)13-17(16)23-3/h11-14H,4-10H2,1-3H3. The van der Waals surface area contributed by atoms with Crippen molar-refractivity contribution in [1.29, 1.82) is 0 Å². The zero-order chi connectivity index (χ0) is 18.7. The molecule has 0 bridgehead atoms. The molecule has 0 aliphatic heterocycles. The molecule has 140 valence electrons. The number of hydrogen-bond donors (Lipinski definition) is 0. The third-order valence-corrected chi connectivity index (χ3v) is 3.89. The Balaban J connectivity index is 2.29. The van der Waals surface area contributed by atoms with Crippen molar-refractivity contribution in [3.8, 4) is 11.5 Å². The van der Waals surface area contributed by atoms with Crippen LogP contribution in [0.1, 0.15) is 58.8 Å². The van der Waals surface area contributed by atoms with E-state index in [0.717, 1.165) is 25.7 Å². The molecule has 0 aromatic heterocycles. The second-order valence-electron chi connectivity index (χ2n) is 5.92. The predicted molar refractivity (Wildman–Crippen MR) is 97.2 cm³/mol. The third kappa shape index (κ3) is 8.77. The summed E-state index contributed by atoms with van der Waals surface area (Å²) in [5.74, 6) is -0.00419. The van der Waals surface area contributed by atoms with Gasteiger partial charge >= 0.3 is 11.9 Å². The van der Waals surface area contributed by atoms with Gasteiger partial charge in [0.15, 0.2) is 11.5 Å². The molecule has 0 N–H and O–H groups in total. The molecule has 1 aromatic carbocycles. The topological polar surface area (TPSA) is 61.8 Å². The monoisotopic (exact) mass is 370 g/mol. The molecule has 0 aliphatic carbocycles. The molecule has 0 heterocycles. The SMILES string of the molecule is CCCCCC(C)OC(=O)CCCC(=O)Oc1ccc(Cl)cc1OC. The largest absolute Gasteiger partial charge is 0.493 e. The highest BCUT2D eigenvalue weighted by atomic mass is 35.5. The van der Waals surface area contributed by atoms with E-state index in [2.05, 4.69) is 6.92 Å². The summed E-state index contributed by atoms with van der Waals surface area (Å²) in [5, 5.41) is 0.493. The Bertz CT molecular complexity index is 559. The summed E-state index contributed by atoms with van der Waals surface area (Å²) < 4.78 is 15.7. The normalized spacial score (nSPS) is 11.7. The molecule has 5 nitrogen and oxygen atoms in total. The van der Waals surface area contributed by atoms with E-state index in [1.54, 1.807) is 18.2 Å². The van der Waals surface area contributed by atoms with Crippen LogP contribution < -0.4 is 9.47 Å². The van der Waals surface area contributed by atoms with Crippen LogP contribution in [0.25, 0.3) is 0 Å². The van der Waals surface area contributed by atoms with Gasteiger partial charge in [0.05, 0.1) is 13.2 Å².